The minimum Gasteiger partial charge on any atom is -0.467 e. The lowest BCUT2D eigenvalue weighted by Gasteiger charge is -2.20. The van der Waals surface area contributed by atoms with Crippen LogP contribution in [0.25, 0.3) is 0 Å². The van der Waals surface area contributed by atoms with Crippen molar-refractivity contribution in [3.8, 4) is 0 Å². The number of ketones is 1. The summed E-state index contributed by atoms with van der Waals surface area (Å²) in [5, 5.41) is 10.1. The second-order valence-corrected chi connectivity index (χ2v) is 8.71. The van der Waals surface area contributed by atoms with Crippen LogP contribution < -0.4 is 0 Å². The molecule has 1 fully saturated rings. The van der Waals surface area contributed by atoms with Crippen molar-refractivity contribution in [2.24, 2.45) is 17.8 Å². The largest absolute Gasteiger partial charge is 0.467 e. The average Bonchev–Trinajstić information content (AvgIpc) is 3.02. The van der Waals surface area contributed by atoms with Gasteiger partial charge in [-0.15, -0.1) is 0 Å². The molecule has 1 aliphatic rings. The lowest BCUT2D eigenvalue weighted by atomic mass is 9.86. The van der Waals surface area contributed by atoms with E-state index in [0.717, 1.165) is 12.8 Å². The molecule has 0 aliphatic heterocycles. The van der Waals surface area contributed by atoms with E-state index >= 15 is 0 Å². The highest BCUT2D eigenvalue weighted by atomic mass is 16.5. The van der Waals surface area contributed by atoms with Crippen LogP contribution in [-0.2, 0) is 23.9 Å². The standard InChI is InChI=1S/C25H40O6/c1-5-6-7-8-9-11-14-21-20(18-31-19(2)26)17-23(27)22(21)15-12-10-13-16-25(3,29)24(28)30-4/h10-12,14,20-22,29H,5-9,13,15-18H2,1-4H3/b12-10-,14-11+/t20-,21-,22+,25?/m0/s1. The number of Topliss-reactive ketones (excluding diaryl/α,β-unsaturated/α-hetero) is 1. The van der Waals surface area contributed by atoms with Gasteiger partial charge in [0.2, 0.25) is 0 Å². The van der Waals surface area contributed by atoms with Gasteiger partial charge < -0.3 is 14.6 Å². The van der Waals surface area contributed by atoms with E-state index < -0.39 is 11.6 Å². The van der Waals surface area contributed by atoms with Crippen molar-refractivity contribution in [3.05, 3.63) is 24.3 Å². The van der Waals surface area contributed by atoms with E-state index in [1.54, 1.807) is 0 Å². The number of unbranched alkanes of at least 4 members (excludes halogenated alkanes) is 4. The van der Waals surface area contributed by atoms with Crippen LogP contribution in [0.1, 0.15) is 78.6 Å². The van der Waals surface area contributed by atoms with Crippen molar-refractivity contribution in [1.29, 1.82) is 0 Å². The Hall–Kier alpha value is -1.95. The van der Waals surface area contributed by atoms with Gasteiger partial charge in [0.1, 0.15) is 5.78 Å². The quantitative estimate of drug-likeness (QED) is 0.244. The molecule has 0 spiro atoms. The molecule has 4 atom stereocenters. The van der Waals surface area contributed by atoms with Gasteiger partial charge in [0.05, 0.1) is 13.7 Å². The highest BCUT2D eigenvalue weighted by Crippen LogP contribution is 2.38. The molecule has 6 nitrogen and oxygen atoms in total. The molecule has 0 radical (unpaired) electrons. The summed E-state index contributed by atoms with van der Waals surface area (Å²) in [6.07, 6.45) is 15.7. The molecule has 1 rings (SSSR count). The first kappa shape index (κ1) is 27.1. The van der Waals surface area contributed by atoms with E-state index in [4.69, 9.17) is 4.74 Å². The molecule has 1 N–H and O–H groups in total. The van der Waals surface area contributed by atoms with Gasteiger partial charge >= 0.3 is 11.9 Å². The number of carbonyl (C=O) groups is 3. The van der Waals surface area contributed by atoms with E-state index in [2.05, 4.69) is 23.8 Å². The molecule has 176 valence electrons. The summed E-state index contributed by atoms with van der Waals surface area (Å²) in [5.74, 6) is -0.837. The maximum atomic E-state index is 12.7. The van der Waals surface area contributed by atoms with Crippen LogP contribution in [-0.4, -0.2) is 42.1 Å². The fourth-order valence-electron chi connectivity index (χ4n) is 4.05. The molecule has 0 aromatic rings. The van der Waals surface area contributed by atoms with Gasteiger partial charge in [-0.1, -0.05) is 50.5 Å². The van der Waals surface area contributed by atoms with Gasteiger partial charge in [-0.3, -0.25) is 9.59 Å². The molecule has 0 saturated heterocycles. The average molecular weight is 437 g/mol. The summed E-state index contributed by atoms with van der Waals surface area (Å²) in [4.78, 5) is 35.4. The minimum atomic E-state index is -1.51. The molecular formula is C25H40O6. The molecule has 0 aromatic heterocycles. The number of ether oxygens (including phenoxy) is 2. The molecule has 1 unspecified atom stereocenters. The number of allylic oxidation sites excluding steroid dienone is 4. The van der Waals surface area contributed by atoms with Crippen molar-refractivity contribution in [2.45, 2.75) is 84.2 Å². The third-order valence-electron chi connectivity index (χ3n) is 5.95. The molecule has 0 bridgehead atoms. The lowest BCUT2D eigenvalue weighted by molar-refractivity contribution is -0.161. The number of esters is 2. The Morgan fingerprint density at radius 3 is 2.55 bits per heavy atom. The highest BCUT2D eigenvalue weighted by Gasteiger charge is 2.40. The van der Waals surface area contributed by atoms with Gasteiger partial charge in [0.25, 0.3) is 0 Å². The maximum Gasteiger partial charge on any atom is 0.337 e. The summed E-state index contributed by atoms with van der Waals surface area (Å²) >= 11 is 0. The fraction of sp³-hybridized carbons (Fsp3) is 0.720. The Bertz CT molecular complexity index is 634. The zero-order valence-corrected chi connectivity index (χ0v) is 19.6. The molecule has 0 heterocycles. The van der Waals surface area contributed by atoms with Crippen molar-refractivity contribution in [2.75, 3.05) is 13.7 Å². The third kappa shape index (κ3) is 9.81. The Morgan fingerprint density at radius 1 is 1.16 bits per heavy atom. The second-order valence-electron chi connectivity index (χ2n) is 8.71. The van der Waals surface area contributed by atoms with Crippen LogP contribution in [0.5, 0.6) is 0 Å². The zero-order chi connectivity index (χ0) is 23.3. The third-order valence-corrected chi connectivity index (χ3v) is 5.95. The first-order valence-electron chi connectivity index (χ1n) is 11.5. The summed E-state index contributed by atoms with van der Waals surface area (Å²) in [7, 11) is 1.25. The highest BCUT2D eigenvalue weighted by molar-refractivity contribution is 5.84. The minimum absolute atomic E-state index is 0.0155. The van der Waals surface area contributed by atoms with E-state index in [1.165, 1.54) is 40.2 Å². The Balaban J connectivity index is 2.68. The monoisotopic (exact) mass is 436 g/mol. The van der Waals surface area contributed by atoms with E-state index in [-0.39, 0.29) is 42.5 Å². The number of hydrogen-bond donors (Lipinski definition) is 1. The summed E-state index contributed by atoms with van der Waals surface area (Å²) in [6.45, 7) is 5.29. The van der Waals surface area contributed by atoms with Gasteiger partial charge in [-0.2, -0.15) is 0 Å². The molecule has 6 heteroatoms. The van der Waals surface area contributed by atoms with Crippen molar-refractivity contribution in [3.63, 3.8) is 0 Å². The Morgan fingerprint density at radius 2 is 1.90 bits per heavy atom. The summed E-state index contributed by atoms with van der Waals surface area (Å²) in [6, 6.07) is 0. The molecular weight excluding hydrogens is 396 g/mol. The van der Waals surface area contributed by atoms with Crippen LogP contribution in [0, 0.1) is 17.8 Å². The van der Waals surface area contributed by atoms with Crippen LogP contribution in [0.4, 0.5) is 0 Å². The normalized spacial score (nSPS) is 23.4. The summed E-state index contributed by atoms with van der Waals surface area (Å²) in [5.41, 5.74) is -1.51. The topological polar surface area (TPSA) is 89.9 Å². The summed E-state index contributed by atoms with van der Waals surface area (Å²) < 4.78 is 9.81. The van der Waals surface area contributed by atoms with Crippen molar-refractivity contribution >= 4 is 17.7 Å². The van der Waals surface area contributed by atoms with Gasteiger partial charge in [-0.05, 0) is 44.9 Å². The van der Waals surface area contributed by atoms with E-state index in [9.17, 15) is 19.5 Å². The van der Waals surface area contributed by atoms with Gasteiger partial charge in [0.15, 0.2) is 5.60 Å². The molecule has 1 aliphatic carbocycles. The maximum absolute atomic E-state index is 12.7. The number of rotatable bonds is 14. The number of aliphatic hydroxyl groups is 1. The number of methoxy groups -OCH3 is 1. The van der Waals surface area contributed by atoms with Gasteiger partial charge in [0, 0.05) is 25.2 Å². The zero-order valence-electron chi connectivity index (χ0n) is 19.6. The first-order valence-corrected chi connectivity index (χ1v) is 11.5. The van der Waals surface area contributed by atoms with Crippen molar-refractivity contribution < 1.29 is 29.0 Å². The predicted octanol–water partition coefficient (Wildman–Crippen LogP) is 4.55. The predicted molar refractivity (Wildman–Crippen MR) is 120 cm³/mol. The molecule has 0 aromatic carbocycles. The van der Waals surface area contributed by atoms with E-state index in [0.29, 0.717) is 19.3 Å². The van der Waals surface area contributed by atoms with Crippen LogP contribution in [0.3, 0.4) is 0 Å². The molecule has 1 saturated carbocycles. The Kier molecular flexibility index (Phi) is 12.4. The smallest absolute Gasteiger partial charge is 0.337 e. The number of hydrogen-bond acceptors (Lipinski definition) is 6. The fourth-order valence-corrected chi connectivity index (χ4v) is 4.05. The lowest BCUT2D eigenvalue weighted by Crippen LogP contribution is -2.35. The Labute approximate surface area is 187 Å². The van der Waals surface area contributed by atoms with Crippen LogP contribution in [0.2, 0.25) is 0 Å². The number of carbonyl (C=O) groups excluding carboxylic acids is 3. The molecule has 0 amide bonds. The SMILES string of the molecule is CCCCCC/C=C/[C@H]1[C@H](COC(C)=O)CC(=O)[C@@H]1C/C=C\CCC(C)(O)C(=O)OC. The van der Waals surface area contributed by atoms with Crippen LogP contribution >= 0.6 is 0 Å². The van der Waals surface area contributed by atoms with E-state index in [1.807, 2.05) is 12.2 Å². The van der Waals surface area contributed by atoms with Crippen molar-refractivity contribution in [1.82, 2.24) is 0 Å². The first-order chi connectivity index (χ1) is 14.7. The molecule has 31 heavy (non-hydrogen) atoms. The second kappa shape index (κ2) is 14.2. The van der Waals surface area contributed by atoms with Crippen LogP contribution in [0.15, 0.2) is 24.3 Å². The van der Waals surface area contributed by atoms with Gasteiger partial charge in [-0.25, -0.2) is 4.79 Å².